The minimum Gasteiger partial charge on any atom is -0.397 e. The van der Waals surface area contributed by atoms with Crippen LogP contribution in [0, 0.1) is 0 Å². The number of anilines is 2. The van der Waals surface area contributed by atoms with E-state index >= 15 is 0 Å². The number of fused-ring (bicyclic) bond motifs is 1. The van der Waals surface area contributed by atoms with Gasteiger partial charge in [0.15, 0.2) is 0 Å². The van der Waals surface area contributed by atoms with Crippen LogP contribution in [-0.2, 0) is 6.54 Å². The smallest absolute Gasteiger partial charge is 0.255 e. The molecule has 3 N–H and O–H groups in total. The zero-order valence-corrected chi connectivity index (χ0v) is 15.1. The molecular formula is C21H17ClN4O. The molecule has 0 saturated heterocycles. The molecule has 6 heteroatoms. The second kappa shape index (κ2) is 7.13. The van der Waals surface area contributed by atoms with Crippen LogP contribution in [0.2, 0.25) is 5.02 Å². The summed E-state index contributed by atoms with van der Waals surface area (Å²) in [6, 6.07) is 20.3. The van der Waals surface area contributed by atoms with Gasteiger partial charge in [-0.3, -0.25) is 9.48 Å². The van der Waals surface area contributed by atoms with Crippen molar-refractivity contribution in [2.45, 2.75) is 6.54 Å². The maximum atomic E-state index is 12.4. The first-order chi connectivity index (χ1) is 13.1. The summed E-state index contributed by atoms with van der Waals surface area (Å²) in [4.78, 5) is 12.4. The molecule has 3 aromatic carbocycles. The monoisotopic (exact) mass is 376 g/mol. The van der Waals surface area contributed by atoms with E-state index < -0.39 is 0 Å². The fraction of sp³-hybridized carbons (Fsp3) is 0.0476. The van der Waals surface area contributed by atoms with Crippen molar-refractivity contribution in [3.8, 4) is 0 Å². The average molecular weight is 377 g/mol. The van der Waals surface area contributed by atoms with E-state index in [1.165, 1.54) is 0 Å². The number of para-hydroxylation sites is 2. The molecule has 0 spiro atoms. The Bertz CT molecular complexity index is 1120. The van der Waals surface area contributed by atoms with E-state index in [0.717, 1.165) is 16.5 Å². The molecule has 4 aromatic rings. The molecule has 4 rings (SSSR count). The van der Waals surface area contributed by atoms with Crippen molar-refractivity contribution in [3.05, 3.63) is 89.1 Å². The first-order valence-corrected chi connectivity index (χ1v) is 8.84. The lowest BCUT2D eigenvalue weighted by atomic mass is 10.1. The third-order valence-electron chi connectivity index (χ3n) is 4.39. The van der Waals surface area contributed by atoms with E-state index in [2.05, 4.69) is 10.4 Å². The Morgan fingerprint density at radius 3 is 2.59 bits per heavy atom. The summed E-state index contributed by atoms with van der Waals surface area (Å²) < 4.78 is 1.89. The number of nitrogens with two attached hydrogens (primary N) is 1. The number of aromatic nitrogens is 2. The summed E-state index contributed by atoms with van der Waals surface area (Å²) in [5.41, 5.74) is 9.58. The summed E-state index contributed by atoms with van der Waals surface area (Å²) in [5, 5.41) is 8.85. The molecule has 0 atom stereocenters. The van der Waals surface area contributed by atoms with Gasteiger partial charge in [-0.25, -0.2) is 0 Å². The van der Waals surface area contributed by atoms with Crippen molar-refractivity contribution in [1.29, 1.82) is 0 Å². The van der Waals surface area contributed by atoms with Gasteiger partial charge in [-0.05, 0) is 42.0 Å². The molecule has 27 heavy (non-hydrogen) atoms. The van der Waals surface area contributed by atoms with Crippen molar-refractivity contribution in [2.24, 2.45) is 0 Å². The highest BCUT2D eigenvalue weighted by Gasteiger charge is 2.09. The molecule has 0 radical (unpaired) electrons. The van der Waals surface area contributed by atoms with Crippen LogP contribution in [0.25, 0.3) is 10.9 Å². The lowest BCUT2D eigenvalue weighted by molar-refractivity contribution is 0.102. The Kier molecular flexibility index (Phi) is 4.52. The van der Waals surface area contributed by atoms with Gasteiger partial charge >= 0.3 is 0 Å². The molecule has 5 nitrogen and oxygen atoms in total. The molecule has 0 unspecified atom stereocenters. The lowest BCUT2D eigenvalue weighted by Crippen LogP contribution is -2.13. The highest BCUT2D eigenvalue weighted by Crippen LogP contribution is 2.23. The number of benzene rings is 3. The first kappa shape index (κ1) is 17.1. The summed E-state index contributed by atoms with van der Waals surface area (Å²) in [7, 11) is 0. The molecule has 0 bridgehead atoms. The summed E-state index contributed by atoms with van der Waals surface area (Å²) >= 11 is 6.20. The number of carbonyl (C=O) groups excluding carboxylic acids is 1. The van der Waals surface area contributed by atoms with Gasteiger partial charge in [0.25, 0.3) is 5.91 Å². The van der Waals surface area contributed by atoms with Crippen LogP contribution in [-0.4, -0.2) is 15.7 Å². The standard InChI is InChI=1S/C21H17ClN4O/c22-17-4-3-7-20-16(17)12-24-26(20)13-14-8-10-15(11-9-14)21(27)25-19-6-2-1-5-18(19)23/h1-12H,13,23H2,(H,25,27). The predicted molar refractivity (Wildman–Crippen MR) is 109 cm³/mol. The molecule has 0 saturated carbocycles. The fourth-order valence-corrected chi connectivity index (χ4v) is 3.15. The van der Waals surface area contributed by atoms with Crippen LogP contribution in [0.15, 0.2) is 72.9 Å². The number of rotatable bonds is 4. The van der Waals surface area contributed by atoms with Crippen LogP contribution < -0.4 is 11.1 Å². The molecule has 0 aliphatic heterocycles. The van der Waals surface area contributed by atoms with Crippen LogP contribution in [0.3, 0.4) is 0 Å². The molecule has 0 fully saturated rings. The molecule has 134 valence electrons. The minimum atomic E-state index is -0.198. The molecule has 1 amide bonds. The van der Waals surface area contributed by atoms with E-state index in [4.69, 9.17) is 17.3 Å². The topological polar surface area (TPSA) is 72.9 Å². The zero-order chi connectivity index (χ0) is 18.8. The van der Waals surface area contributed by atoms with Gasteiger partial charge in [-0.2, -0.15) is 5.10 Å². The van der Waals surface area contributed by atoms with Crippen LogP contribution in [0.1, 0.15) is 15.9 Å². The molecular weight excluding hydrogens is 360 g/mol. The van der Waals surface area contributed by atoms with Crippen molar-refractivity contribution in [1.82, 2.24) is 9.78 Å². The summed E-state index contributed by atoms with van der Waals surface area (Å²) in [6.07, 6.45) is 1.77. The Morgan fingerprint density at radius 2 is 1.81 bits per heavy atom. The zero-order valence-electron chi connectivity index (χ0n) is 14.4. The molecule has 0 aliphatic carbocycles. The third-order valence-corrected chi connectivity index (χ3v) is 4.72. The van der Waals surface area contributed by atoms with Crippen LogP contribution in [0.5, 0.6) is 0 Å². The first-order valence-electron chi connectivity index (χ1n) is 8.46. The number of amides is 1. The second-order valence-electron chi connectivity index (χ2n) is 6.21. The normalized spacial score (nSPS) is 10.9. The van der Waals surface area contributed by atoms with Crippen molar-refractivity contribution in [3.63, 3.8) is 0 Å². The van der Waals surface area contributed by atoms with Gasteiger partial charge in [-0.15, -0.1) is 0 Å². The Labute approximate surface area is 161 Å². The van der Waals surface area contributed by atoms with Crippen molar-refractivity contribution >= 4 is 39.8 Å². The number of nitrogen functional groups attached to an aromatic ring is 1. The van der Waals surface area contributed by atoms with E-state index in [-0.39, 0.29) is 5.91 Å². The second-order valence-corrected chi connectivity index (χ2v) is 6.62. The Morgan fingerprint density at radius 1 is 1.04 bits per heavy atom. The quantitative estimate of drug-likeness (QED) is 0.512. The Hall–Kier alpha value is -3.31. The van der Waals surface area contributed by atoms with Crippen molar-refractivity contribution < 1.29 is 4.79 Å². The van der Waals surface area contributed by atoms with E-state index in [1.807, 2.05) is 47.1 Å². The van der Waals surface area contributed by atoms with Gasteiger partial charge in [0.05, 0.1) is 34.7 Å². The highest BCUT2D eigenvalue weighted by atomic mass is 35.5. The number of nitrogens with zero attached hydrogens (tertiary/aromatic N) is 2. The maximum Gasteiger partial charge on any atom is 0.255 e. The van der Waals surface area contributed by atoms with E-state index in [1.54, 1.807) is 30.5 Å². The van der Waals surface area contributed by atoms with E-state index in [9.17, 15) is 4.79 Å². The largest absolute Gasteiger partial charge is 0.397 e. The predicted octanol–water partition coefficient (Wildman–Crippen LogP) is 4.57. The number of nitrogens with one attached hydrogen (secondary N) is 1. The van der Waals surface area contributed by atoms with E-state index in [0.29, 0.717) is 28.5 Å². The molecule has 1 aromatic heterocycles. The van der Waals surface area contributed by atoms with Gasteiger partial charge in [0.1, 0.15) is 0 Å². The van der Waals surface area contributed by atoms with Gasteiger partial charge in [0.2, 0.25) is 0 Å². The summed E-state index contributed by atoms with van der Waals surface area (Å²) in [5.74, 6) is -0.198. The molecule has 1 heterocycles. The average Bonchev–Trinajstić information content (AvgIpc) is 3.08. The third kappa shape index (κ3) is 3.50. The van der Waals surface area contributed by atoms with Crippen LogP contribution in [0.4, 0.5) is 11.4 Å². The SMILES string of the molecule is Nc1ccccc1NC(=O)c1ccc(Cn2ncc3c(Cl)cccc32)cc1. The highest BCUT2D eigenvalue weighted by molar-refractivity contribution is 6.35. The minimum absolute atomic E-state index is 0.198. The van der Waals surface area contributed by atoms with Gasteiger partial charge < -0.3 is 11.1 Å². The van der Waals surface area contributed by atoms with Crippen LogP contribution >= 0.6 is 11.6 Å². The maximum absolute atomic E-state index is 12.4. The number of hydrogen-bond acceptors (Lipinski definition) is 3. The number of halogens is 1. The summed E-state index contributed by atoms with van der Waals surface area (Å²) in [6.45, 7) is 0.595. The number of hydrogen-bond donors (Lipinski definition) is 2. The van der Waals surface area contributed by atoms with Crippen molar-refractivity contribution in [2.75, 3.05) is 11.1 Å². The number of carbonyl (C=O) groups is 1. The fourth-order valence-electron chi connectivity index (χ4n) is 2.93. The lowest BCUT2D eigenvalue weighted by Gasteiger charge is -2.09. The molecule has 0 aliphatic rings. The van der Waals surface area contributed by atoms with Gasteiger partial charge in [0, 0.05) is 10.9 Å². The van der Waals surface area contributed by atoms with Gasteiger partial charge in [-0.1, -0.05) is 41.9 Å². The Balaban J connectivity index is 1.51.